The van der Waals surface area contributed by atoms with Crippen LogP contribution in [0.15, 0.2) is 352 Å². The number of rotatable bonds is 11. The molecule has 0 radical (unpaired) electrons. The number of benzene rings is 14. The molecule has 466 valence electrons. The van der Waals surface area contributed by atoms with Crippen molar-refractivity contribution in [2.75, 3.05) is 0 Å². The summed E-state index contributed by atoms with van der Waals surface area (Å²) in [6.45, 7) is 0. The number of fused-ring (bicyclic) bond motifs is 12. The van der Waals surface area contributed by atoms with Crippen LogP contribution >= 0.6 is 0 Å². The molecule has 100 heavy (non-hydrogen) atoms. The zero-order valence-electron chi connectivity index (χ0n) is 54.1. The molecule has 20 aromatic rings. The Labute approximate surface area is 575 Å². The van der Waals surface area contributed by atoms with Gasteiger partial charge in [-0.25, -0.2) is 19.9 Å². The zero-order chi connectivity index (χ0) is 65.8. The molecule has 20 rings (SSSR count). The first-order valence-corrected chi connectivity index (χ1v) is 33.9. The van der Waals surface area contributed by atoms with Gasteiger partial charge in [0.2, 0.25) is 0 Å². The number of pyridine rings is 1. The summed E-state index contributed by atoms with van der Waals surface area (Å²) in [7, 11) is 0. The standard InChI is InChI=1S/C92H58N8/c1-7-27-59(28-8-1)65-47-51-81-73(55-65)74-56-66(60-29-9-2-10-30-60)48-52-82(74)98(81)87-85(90-94-88(63-35-15-5-16-36-63)93-89(95-90)64-37-17-6-18-38-64)86(97-77-43-23-19-39-69(77)70-40-20-24-44-78(70)97)92(96-91(87)99-79-45-25-21-41-71(79)72-42-22-26-46-80(72)99)100-83-53-49-67(61-31-11-3-12-32-61)57-75(83)76-58-68(50-54-84(76)100)62-33-13-4-14-34-62/h1-58H. The van der Waals surface area contributed by atoms with Gasteiger partial charge in [-0.05, 0) is 117 Å². The average Bonchev–Trinajstić information content (AvgIpc) is 1.48. The lowest BCUT2D eigenvalue weighted by molar-refractivity contribution is 0.952. The van der Waals surface area contributed by atoms with E-state index in [1.807, 2.05) is 12.1 Å². The summed E-state index contributed by atoms with van der Waals surface area (Å²) in [5.74, 6) is 2.86. The second-order valence-electron chi connectivity index (χ2n) is 25.7. The van der Waals surface area contributed by atoms with E-state index in [4.69, 9.17) is 19.9 Å². The fourth-order valence-electron chi connectivity index (χ4n) is 15.5. The molecule has 0 aliphatic rings. The van der Waals surface area contributed by atoms with Crippen LogP contribution in [-0.2, 0) is 0 Å². The molecule has 14 aromatic carbocycles. The van der Waals surface area contributed by atoms with Crippen LogP contribution in [0.1, 0.15) is 0 Å². The molecular formula is C92H58N8. The molecular weight excluding hydrogens is 1220 g/mol. The van der Waals surface area contributed by atoms with Gasteiger partial charge in [0.05, 0.1) is 49.7 Å². The third-order valence-electron chi connectivity index (χ3n) is 20.0. The van der Waals surface area contributed by atoms with Crippen molar-refractivity contribution < 1.29 is 0 Å². The lowest BCUT2D eigenvalue weighted by Crippen LogP contribution is -2.17. The number of nitrogens with zero attached hydrogens (tertiary/aromatic N) is 8. The summed E-state index contributed by atoms with van der Waals surface area (Å²) < 4.78 is 9.77. The fraction of sp³-hybridized carbons (Fsp3) is 0. The van der Waals surface area contributed by atoms with E-state index in [-0.39, 0.29) is 0 Å². The molecule has 0 N–H and O–H groups in total. The first-order chi connectivity index (χ1) is 49.6. The van der Waals surface area contributed by atoms with Crippen LogP contribution in [0.4, 0.5) is 0 Å². The number of hydrogen-bond donors (Lipinski definition) is 0. The number of aromatic nitrogens is 8. The Kier molecular flexibility index (Phi) is 13.1. The smallest absolute Gasteiger partial charge is 0.168 e. The van der Waals surface area contributed by atoms with E-state index in [0.717, 1.165) is 160 Å². The maximum Gasteiger partial charge on any atom is 0.168 e. The van der Waals surface area contributed by atoms with E-state index >= 15 is 0 Å². The van der Waals surface area contributed by atoms with Crippen molar-refractivity contribution in [1.29, 1.82) is 0 Å². The van der Waals surface area contributed by atoms with E-state index in [1.165, 1.54) is 0 Å². The Hall–Kier alpha value is -13.6. The van der Waals surface area contributed by atoms with Crippen molar-refractivity contribution in [3.05, 3.63) is 352 Å². The maximum absolute atomic E-state index is 6.65. The molecule has 8 nitrogen and oxygen atoms in total. The number of para-hydroxylation sites is 4. The molecule has 0 aliphatic heterocycles. The molecule has 0 aliphatic carbocycles. The lowest BCUT2D eigenvalue weighted by Gasteiger charge is -2.26. The van der Waals surface area contributed by atoms with Crippen molar-refractivity contribution in [1.82, 2.24) is 38.2 Å². The van der Waals surface area contributed by atoms with Crippen molar-refractivity contribution in [2.45, 2.75) is 0 Å². The fourth-order valence-corrected chi connectivity index (χ4v) is 15.5. The van der Waals surface area contributed by atoms with Crippen LogP contribution in [-0.4, -0.2) is 38.2 Å². The minimum absolute atomic E-state index is 0.459. The Morgan fingerprint density at radius 2 is 0.390 bits per heavy atom. The maximum atomic E-state index is 6.65. The molecule has 0 atom stereocenters. The Morgan fingerprint density at radius 1 is 0.160 bits per heavy atom. The summed E-state index contributed by atoms with van der Waals surface area (Å²) in [5, 5.41) is 8.69. The van der Waals surface area contributed by atoms with E-state index in [9.17, 15) is 0 Å². The Balaban J connectivity index is 1.06. The topological polar surface area (TPSA) is 71.3 Å². The molecule has 6 heterocycles. The Bertz CT molecular complexity index is 6250. The molecule has 0 amide bonds. The lowest BCUT2D eigenvalue weighted by atomic mass is 10.0. The van der Waals surface area contributed by atoms with Crippen LogP contribution in [0.3, 0.4) is 0 Å². The first-order valence-electron chi connectivity index (χ1n) is 33.9. The van der Waals surface area contributed by atoms with Gasteiger partial charge in [0, 0.05) is 54.2 Å². The molecule has 0 fully saturated rings. The minimum Gasteiger partial charge on any atom is -0.305 e. The van der Waals surface area contributed by atoms with E-state index in [2.05, 4.69) is 358 Å². The second-order valence-corrected chi connectivity index (χ2v) is 25.7. The predicted molar refractivity (Wildman–Crippen MR) is 413 cm³/mol. The van der Waals surface area contributed by atoms with Crippen LogP contribution in [0.2, 0.25) is 0 Å². The van der Waals surface area contributed by atoms with Gasteiger partial charge in [0.1, 0.15) is 11.4 Å². The van der Waals surface area contributed by atoms with Crippen molar-refractivity contribution in [2.24, 2.45) is 0 Å². The normalized spacial score (nSPS) is 11.8. The highest BCUT2D eigenvalue weighted by molar-refractivity contribution is 6.17. The SMILES string of the molecule is c1ccc(-c2ccc3c(c2)c2cc(-c4ccccc4)ccc2n3-c2nc(-n3c4ccccc4c4ccccc43)c(-n3c4ccc(-c5ccccc5)cc4c4cc(-c5ccccc5)ccc43)c(-c3nc(-c4ccccc4)nc(-c4ccccc4)n3)c2-n2c3ccccc3c3ccccc32)cc1. The first kappa shape index (κ1) is 56.8. The van der Waals surface area contributed by atoms with Gasteiger partial charge in [-0.1, -0.05) is 279 Å². The van der Waals surface area contributed by atoms with Crippen LogP contribution in [0.25, 0.3) is 189 Å². The minimum atomic E-state index is 0.459. The average molecular weight is 1280 g/mol. The quantitative estimate of drug-likeness (QED) is 0.129. The van der Waals surface area contributed by atoms with Gasteiger partial charge in [-0.15, -0.1) is 0 Å². The van der Waals surface area contributed by atoms with Crippen molar-refractivity contribution in [3.8, 4) is 102 Å². The third kappa shape index (κ3) is 9.08. The van der Waals surface area contributed by atoms with Gasteiger partial charge in [0.15, 0.2) is 29.1 Å². The van der Waals surface area contributed by atoms with Crippen LogP contribution < -0.4 is 0 Å². The Morgan fingerprint density at radius 3 is 0.690 bits per heavy atom. The van der Waals surface area contributed by atoms with Gasteiger partial charge in [-0.2, -0.15) is 0 Å². The molecule has 0 saturated heterocycles. The summed E-state index contributed by atoms with van der Waals surface area (Å²) in [4.78, 5) is 24.0. The largest absolute Gasteiger partial charge is 0.305 e. The van der Waals surface area contributed by atoms with Crippen molar-refractivity contribution >= 4 is 87.2 Å². The van der Waals surface area contributed by atoms with E-state index < -0.39 is 0 Å². The van der Waals surface area contributed by atoms with Gasteiger partial charge >= 0.3 is 0 Å². The summed E-state index contributed by atoms with van der Waals surface area (Å²) in [6, 6.07) is 127. The van der Waals surface area contributed by atoms with Gasteiger partial charge in [0.25, 0.3) is 0 Å². The third-order valence-corrected chi connectivity index (χ3v) is 20.0. The highest BCUT2D eigenvalue weighted by Gasteiger charge is 2.35. The molecule has 6 aromatic heterocycles. The molecule has 0 bridgehead atoms. The molecule has 0 unspecified atom stereocenters. The predicted octanol–water partition coefficient (Wildman–Crippen LogP) is 23.3. The number of hydrogen-bond acceptors (Lipinski definition) is 4. The van der Waals surface area contributed by atoms with Crippen LogP contribution in [0.5, 0.6) is 0 Å². The molecule has 8 heteroatoms. The monoisotopic (exact) mass is 1270 g/mol. The van der Waals surface area contributed by atoms with Gasteiger partial charge in [-0.3, -0.25) is 9.13 Å². The molecule has 0 spiro atoms. The summed E-state index contributed by atoms with van der Waals surface area (Å²) in [6.07, 6.45) is 0. The van der Waals surface area contributed by atoms with E-state index in [1.54, 1.807) is 0 Å². The zero-order valence-corrected chi connectivity index (χ0v) is 54.1. The summed E-state index contributed by atoms with van der Waals surface area (Å²) >= 11 is 0. The summed E-state index contributed by atoms with van der Waals surface area (Å²) in [5.41, 5.74) is 20.8. The highest BCUT2D eigenvalue weighted by atomic mass is 15.2. The second kappa shape index (κ2) is 23.1. The van der Waals surface area contributed by atoms with Gasteiger partial charge < -0.3 is 9.13 Å². The highest BCUT2D eigenvalue weighted by Crippen LogP contribution is 2.50. The van der Waals surface area contributed by atoms with Crippen LogP contribution in [0, 0.1) is 0 Å². The van der Waals surface area contributed by atoms with Crippen molar-refractivity contribution in [3.63, 3.8) is 0 Å². The molecule has 0 saturated carbocycles. The van der Waals surface area contributed by atoms with E-state index in [0.29, 0.717) is 29.1 Å².